The highest BCUT2D eigenvalue weighted by molar-refractivity contribution is 7.89. The standard InChI is InChI=1S/C14H22N2O2S/c1-10-7-11(2)14(8-13(10)9-15)19(17,18)16-6-4-5-12(16)3/h7-8,12H,4-6,9,15H2,1-3H3. The molecular weight excluding hydrogens is 260 g/mol. The number of hydrogen-bond donors (Lipinski definition) is 1. The van der Waals surface area contributed by atoms with Gasteiger partial charge in [-0.3, -0.25) is 0 Å². The van der Waals surface area contributed by atoms with Gasteiger partial charge in [-0.1, -0.05) is 6.07 Å². The molecular formula is C14H22N2O2S. The van der Waals surface area contributed by atoms with Gasteiger partial charge in [0.1, 0.15) is 0 Å². The fourth-order valence-corrected chi connectivity index (χ4v) is 4.72. The maximum absolute atomic E-state index is 12.7. The van der Waals surface area contributed by atoms with Crippen LogP contribution < -0.4 is 5.73 Å². The lowest BCUT2D eigenvalue weighted by molar-refractivity contribution is 0.408. The molecule has 5 heteroatoms. The van der Waals surface area contributed by atoms with Gasteiger partial charge < -0.3 is 5.73 Å². The molecule has 1 unspecified atom stereocenters. The average molecular weight is 282 g/mol. The van der Waals surface area contributed by atoms with Crippen molar-refractivity contribution in [1.82, 2.24) is 4.31 Å². The van der Waals surface area contributed by atoms with Crippen LogP contribution in [0.4, 0.5) is 0 Å². The van der Waals surface area contributed by atoms with E-state index in [-0.39, 0.29) is 6.04 Å². The van der Waals surface area contributed by atoms with E-state index in [1.54, 1.807) is 10.4 Å². The van der Waals surface area contributed by atoms with E-state index in [1.165, 1.54) is 0 Å². The van der Waals surface area contributed by atoms with E-state index in [9.17, 15) is 8.42 Å². The molecule has 0 aliphatic carbocycles. The molecule has 1 aliphatic rings. The summed E-state index contributed by atoms with van der Waals surface area (Å²) in [5.74, 6) is 0. The molecule has 1 aliphatic heterocycles. The van der Waals surface area contributed by atoms with Crippen LogP contribution in [-0.2, 0) is 16.6 Å². The predicted octanol–water partition coefficient (Wildman–Crippen LogP) is 1.94. The van der Waals surface area contributed by atoms with Crippen LogP contribution >= 0.6 is 0 Å². The molecule has 1 heterocycles. The van der Waals surface area contributed by atoms with Gasteiger partial charge in [-0.2, -0.15) is 4.31 Å². The Morgan fingerprint density at radius 1 is 1.32 bits per heavy atom. The molecule has 19 heavy (non-hydrogen) atoms. The molecule has 1 aromatic rings. The largest absolute Gasteiger partial charge is 0.326 e. The summed E-state index contributed by atoms with van der Waals surface area (Å²) in [5.41, 5.74) is 8.43. The lowest BCUT2D eigenvalue weighted by Crippen LogP contribution is -2.34. The summed E-state index contributed by atoms with van der Waals surface area (Å²) in [6.45, 7) is 6.77. The minimum Gasteiger partial charge on any atom is -0.326 e. The van der Waals surface area contributed by atoms with Gasteiger partial charge in [0.25, 0.3) is 0 Å². The average Bonchev–Trinajstić information content (AvgIpc) is 2.76. The van der Waals surface area contributed by atoms with Crippen LogP contribution in [0, 0.1) is 13.8 Å². The summed E-state index contributed by atoms with van der Waals surface area (Å²) in [6, 6.07) is 3.74. The summed E-state index contributed by atoms with van der Waals surface area (Å²) < 4.78 is 27.1. The predicted molar refractivity (Wildman–Crippen MR) is 76.4 cm³/mol. The van der Waals surface area contributed by atoms with Crippen LogP contribution in [-0.4, -0.2) is 25.3 Å². The molecule has 0 saturated carbocycles. The quantitative estimate of drug-likeness (QED) is 0.921. The molecule has 2 N–H and O–H groups in total. The van der Waals surface area contributed by atoms with Crippen molar-refractivity contribution in [3.63, 3.8) is 0 Å². The van der Waals surface area contributed by atoms with Crippen LogP contribution in [0.1, 0.15) is 36.5 Å². The van der Waals surface area contributed by atoms with Gasteiger partial charge in [0.2, 0.25) is 10.0 Å². The van der Waals surface area contributed by atoms with Crippen molar-refractivity contribution in [1.29, 1.82) is 0 Å². The number of nitrogens with zero attached hydrogens (tertiary/aromatic N) is 1. The summed E-state index contributed by atoms with van der Waals surface area (Å²) in [7, 11) is -3.39. The van der Waals surface area contributed by atoms with Crippen LogP contribution in [0.3, 0.4) is 0 Å². The van der Waals surface area contributed by atoms with E-state index >= 15 is 0 Å². The second-order valence-corrected chi connectivity index (χ2v) is 7.21. The van der Waals surface area contributed by atoms with E-state index in [0.29, 0.717) is 18.0 Å². The first kappa shape index (κ1) is 14.5. The van der Waals surface area contributed by atoms with E-state index < -0.39 is 10.0 Å². The number of hydrogen-bond acceptors (Lipinski definition) is 3. The van der Waals surface area contributed by atoms with Gasteiger partial charge >= 0.3 is 0 Å². The number of sulfonamides is 1. The zero-order valence-electron chi connectivity index (χ0n) is 11.8. The third-order valence-electron chi connectivity index (χ3n) is 3.93. The minimum atomic E-state index is -3.39. The highest BCUT2D eigenvalue weighted by Gasteiger charge is 2.33. The molecule has 0 bridgehead atoms. The Bertz CT molecular complexity index is 581. The van der Waals surface area contributed by atoms with Gasteiger partial charge in [-0.15, -0.1) is 0 Å². The molecule has 0 amide bonds. The zero-order valence-corrected chi connectivity index (χ0v) is 12.6. The van der Waals surface area contributed by atoms with Crippen molar-refractivity contribution >= 4 is 10.0 Å². The maximum Gasteiger partial charge on any atom is 0.243 e. The maximum atomic E-state index is 12.7. The molecule has 2 rings (SSSR count). The highest BCUT2D eigenvalue weighted by atomic mass is 32.2. The van der Waals surface area contributed by atoms with Crippen molar-refractivity contribution in [2.24, 2.45) is 5.73 Å². The zero-order chi connectivity index (χ0) is 14.2. The molecule has 1 saturated heterocycles. The van der Waals surface area contributed by atoms with Crippen LogP contribution in [0.2, 0.25) is 0 Å². The monoisotopic (exact) mass is 282 g/mol. The lowest BCUT2D eigenvalue weighted by atomic mass is 10.1. The van der Waals surface area contributed by atoms with Crippen LogP contribution in [0.25, 0.3) is 0 Å². The molecule has 0 radical (unpaired) electrons. The van der Waals surface area contributed by atoms with Gasteiger partial charge in [0.15, 0.2) is 0 Å². The third kappa shape index (κ3) is 2.55. The van der Waals surface area contributed by atoms with Gasteiger partial charge in [-0.05, 0) is 56.4 Å². The minimum absolute atomic E-state index is 0.0898. The van der Waals surface area contributed by atoms with E-state index in [1.807, 2.05) is 26.8 Å². The first-order chi connectivity index (χ1) is 8.87. The van der Waals surface area contributed by atoms with E-state index in [4.69, 9.17) is 5.73 Å². The first-order valence-corrected chi connectivity index (χ1v) is 8.14. The van der Waals surface area contributed by atoms with E-state index in [0.717, 1.165) is 29.5 Å². The fourth-order valence-electron chi connectivity index (χ4n) is 2.76. The highest BCUT2D eigenvalue weighted by Crippen LogP contribution is 2.29. The topological polar surface area (TPSA) is 63.4 Å². The third-order valence-corrected chi connectivity index (χ3v) is 6.09. The van der Waals surface area contributed by atoms with E-state index in [2.05, 4.69) is 0 Å². The number of aryl methyl sites for hydroxylation is 2. The second kappa shape index (κ2) is 5.23. The molecule has 1 aromatic carbocycles. The second-order valence-electron chi connectivity index (χ2n) is 5.36. The van der Waals surface area contributed by atoms with Gasteiger partial charge in [0, 0.05) is 19.1 Å². The van der Waals surface area contributed by atoms with Crippen molar-refractivity contribution in [3.05, 3.63) is 28.8 Å². The van der Waals surface area contributed by atoms with Crippen LogP contribution in [0.5, 0.6) is 0 Å². The Hall–Kier alpha value is -0.910. The Labute approximate surface area is 115 Å². The molecule has 4 nitrogen and oxygen atoms in total. The van der Waals surface area contributed by atoms with Crippen molar-refractivity contribution in [2.45, 2.75) is 51.1 Å². The summed E-state index contributed by atoms with van der Waals surface area (Å²) in [4.78, 5) is 0.410. The Morgan fingerprint density at radius 3 is 2.53 bits per heavy atom. The van der Waals surface area contributed by atoms with Crippen LogP contribution in [0.15, 0.2) is 17.0 Å². The molecule has 106 valence electrons. The molecule has 0 spiro atoms. The molecule has 0 aromatic heterocycles. The van der Waals surface area contributed by atoms with Gasteiger partial charge in [-0.25, -0.2) is 8.42 Å². The summed E-state index contributed by atoms with van der Waals surface area (Å²) >= 11 is 0. The van der Waals surface area contributed by atoms with Crippen molar-refractivity contribution < 1.29 is 8.42 Å². The summed E-state index contributed by atoms with van der Waals surface area (Å²) in [6.07, 6.45) is 1.88. The molecule has 1 atom stereocenters. The summed E-state index contributed by atoms with van der Waals surface area (Å²) in [5, 5.41) is 0. The first-order valence-electron chi connectivity index (χ1n) is 6.70. The van der Waals surface area contributed by atoms with Crippen molar-refractivity contribution in [3.8, 4) is 0 Å². The van der Waals surface area contributed by atoms with Crippen molar-refractivity contribution in [2.75, 3.05) is 6.54 Å². The Balaban J connectivity index is 2.51. The number of benzene rings is 1. The lowest BCUT2D eigenvalue weighted by Gasteiger charge is -2.22. The number of nitrogens with two attached hydrogens (primary N) is 1. The number of rotatable bonds is 3. The normalized spacial score (nSPS) is 20.9. The SMILES string of the molecule is Cc1cc(C)c(S(=O)(=O)N2CCCC2C)cc1CN. The van der Waals surface area contributed by atoms with Gasteiger partial charge in [0.05, 0.1) is 4.90 Å². The smallest absolute Gasteiger partial charge is 0.243 e. The Morgan fingerprint density at radius 2 is 2.00 bits per heavy atom. The fraction of sp³-hybridized carbons (Fsp3) is 0.571. The Kier molecular flexibility index (Phi) is 3.99. The molecule has 1 fully saturated rings.